The van der Waals surface area contributed by atoms with Gasteiger partial charge in [0.2, 0.25) is 15.9 Å². The average molecular weight is 532 g/mol. The molecule has 1 unspecified atom stereocenters. The summed E-state index contributed by atoms with van der Waals surface area (Å²) < 4.78 is 34.4. The predicted molar refractivity (Wildman–Crippen MR) is 138 cm³/mol. The maximum Gasteiger partial charge on any atom is 0.407 e. The minimum Gasteiger partial charge on any atom is -0.444 e. The summed E-state index contributed by atoms with van der Waals surface area (Å²) in [4.78, 5) is 32.2. The lowest BCUT2D eigenvalue weighted by atomic mass is 10.1. The Kier molecular flexibility index (Phi) is 7.30. The zero-order valence-corrected chi connectivity index (χ0v) is 22.2. The van der Waals surface area contributed by atoms with Gasteiger partial charge >= 0.3 is 6.09 Å². The van der Waals surface area contributed by atoms with Crippen LogP contribution in [-0.4, -0.2) is 59.4 Å². The molecule has 1 aliphatic heterocycles. The lowest BCUT2D eigenvalue weighted by Gasteiger charge is -2.32. The van der Waals surface area contributed by atoms with Crippen LogP contribution >= 0.6 is 11.3 Å². The van der Waals surface area contributed by atoms with Crippen molar-refractivity contribution in [3.63, 3.8) is 0 Å². The molecule has 2 N–H and O–H groups in total. The second-order valence-corrected chi connectivity index (χ2v) is 12.6. The van der Waals surface area contributed by atoms with Crippen molar-refractivity contribution in [2.24, 2.45) is 0 Å². The summed E-state index contributed by atoms with van der Waals surface area (Å²) >= 11 is 1.34. The molecule has 12 heteroatoms. The molecule has 2 aromatic heterocycles. The van der Waals surface area contributed by atoms with E-state index in [-0.39, 0.29) is 23.4 Å². The SMILES string of the molecule is CC(=O)Nc1nc2ccc(-c3cncc(S(=O)(=O)N4CCCC(NC(=O)OC(C)(C)C)C4)c3)cc2s1. The van der Waals surface area contributed by atoms with Crippen molar-refractivity contribution in [3.8, 4) is 11.1 Å². The Balaban J connectivity index is 1.53. The minimum atomic E-state index is -3.83. The number of rotatable bonds is 5. The molecule has 1 atom stereocenters. The van der Waals surface area contributed by atoms with Crippen LogP contribution in [0, 0.1) is 0 Å². The monoisotopic (exact) mass is 531 g/mol. The lowest BCUT2D eigenvalue weighted by molar-refractivity contribution is -0.114. The van der Waals surface area contributed by atoms with Crippen molar-refractivity contribution >= 4 is 48.7 Å². The smallest absolute Gasteiger partial charge is 0.407 e. The molecule has 0 saturated carbocycles. The molecule has 1 saturated heterocycles. The summed E-state index contributed by atoms with van der Waals surface area (Å²) in [6.45, 7) is 7.27. The van der Waals surface area contributed by atoms with E-state index in [0.717, 1.165) is 15.8 Å². The molecule has 3 aromatic rings. The Morgan fingerprint density at radius 2 is 1.94 bits per heavy atom. The summed E-state index contributed by atoms with van der Waals surface area (Å²) in [5, 5.41) is 5.97. The summed E-state index contributed by atoms with van der Waals surface area (Å²) in [6, 6.07) is 6.82. The van der Waals surface area contributed by atoms with Crippen LogP contribution in [0.2, 0.25) is 0 Å². The van der Waals surface area contributed by atoms with Crippen LogP contribution in [0.5, 0.6) is 0 Å². The van der Waals surface area contributed by atoms with Gasteiger partial charge in [-0.1, -0.05) is 17.4 Å². The third-order valence-electron chi connectivity index (χ3n) is 5.46. The van der Waals surface area contributed by atoms with Gasteiger partial charge in [0.15, 0.2) is 5.13 Å². The van der Waals surface area contributed by atoms with E-state index in [9.17, 15) is 18.0 Å². The Labute approximate surface area is 214 Å². The van der Waals surface area contributed by atoms with Crippen molar-refractivity contribution in [3.05, 3.63) is 36.7 Å². The highest BCUT2D eigenvalue weighted by molar-refractivity contribution is 7.89. The van der Waals surface area contributed by atoms with Gasteiger partial charge in [-0.2, -0.15) is 4.31 Å². The molecule has 3 heterocycles. The van der Waals surface area contributed by atoms with E-state index in [1.165, 1.54) is 28.8 Å². The fraction of sp³-hybridized carbons (Fsp3) is 0.417. The maximum atomic E-state index is 13.4. The fourth-order valence-electron chi connectivity index (χ4n) is 3.93. The van der Waals surface area contributed by atoms with Gasteiger partial charge in [-0.25, -0.2) is 18.2 Å². The zero-order valence-electron chi connectivity index (χ0n) is 20.6. The van der Waals surface area contributed by atoms with Crippen molar-refractivity contribution in [2.75, 3.05) is 18.4 Å². The number of aromatic nitrogens is 2. The second kappa shape index (κ2) is 10.1. The molecule has 10 nitrogen and oxygen atoms in total. The highest BCUT2D eigenvalue weighted by Crippen LogP contribution is 2.31. The molecule has 4 rings (SSSR count). The number of ether oxygens (including phenoxy) is 1. The van der Waals surface area contributed by atoms with Crippen LogP contribution in [0.15, 0.2) is 41.6 Å². The van der Waals surface area contributed by atoms with Crippen LogP contribution < -0.4 is 10.6 Å². The number of hydrogen-bond donors (Lipinski definition) is 2. The van der Waals surface area contributed by atoms with Gasteiger partial charge in [-0.15, -0.1) is 0 Å². The number of sulfonamides is 1. The average Bonchev–Trinajstić information content (AvgIpc) is 3.18. The van der Waals surface area contributed by atoms with Gasteiger partial charge < -0.3 is 15.4 Å². The zero-order chi connectivity index (χ0) is 26.1. The third kappa shape index (κ3) is 6.18. The number of carbonyl (C=O) groups excluding carboxylic acids is 2. The summed E-state index contributed by atoms with van der Waals surface area (Å²) in [6.07, 6.45) is 3.67. The van der Waals surface area contributed by atoms with E-state index >= 15 is 0 Å². The first-order chi connectivity index (χ1) is 16.9. The topological polar surface area (TPSA) is 131 Å². The lowest BCUT2D eigenvalue weighted by Crippen LogP contribution is -2.50. The Hall–Kier alpha value is -3.09. The van der Waals surface area contributed by atoms with Gasteiger partial charge in [0.25, 0.3) is 0 Å². The summed E-state index contributed by atoms with van der Waals surface area (Å²) in [5.41, 5.74) is 1.53. The van der Waals surface area contributed by atoms with E-state index in [4.69, 9.17) is 4.74 Å². The highest BCUT2D eigenvalue weighted by atomic mass is 32.2. The molecule has 1 aliphatic rings. The third-order valence-corrected chi connectivity index (χ3v) is 8.22. The molecule has 0 spiro atoms. The second-order valence-electron chi connectivity index (χ2n) is 9.64. The first-order valence-corrected chi connectivity index (χ1v) is 13.8. The van der Waals surface area contributed by atoms with E-state index in [1.54, 1.807) is 33.0 Å². The molecular formula is C24H29N5O5S2. The number of carbonyl (C=O) groups is 2. The molecule has 0 radical (unpaired) electrons. The van der Waals surface area contributed by atoms with Crippen LogP contribution in [0.1, 0.15) is 40.5 Å². The number of fused-ring (bicyclic) bond motifs is 1. The molecule has 36 heavy (non-hydrogen) atoms. The fourth-order valence-corrected chi connectivity index (χ4v) is 6.39. The molecule has 1 fully saturated rings. The molecule has 2 amide bonds. The van der Waals surface area contributed by atoms with Crippen LogP contribution in [0.25, 0.3) is 21.3 Å². The summed E-state index contributed by atoms with van der Waals surface area (Å²) in [7, 11) is -3.83. The molecule has 1 aromatic carbocycles. The van der Waals surface area contributed by atoms with Crippen molar-refractivity contribution < 1.29 is 22.7 Å². The maximum absolute atomic E-state index is 13.4. The number of benzene rings is 1. The quantitative estimate of drug-likeness (QED) is 0.509. The number of alkyl carbamates (subject to hydrolysis) is 1. The van der Waals surface area contributed by atoms with E-state index in [2.05, 4.69) is 20.6 Å². The van der Waals surface area contributed by atoms with Crippen LogP contribution in [0.3, 0.4) is 0 Å². The first kappa shape index (κ1) is 26.0. The number of amides is 2. The van der Waals surface area contributed by atoms with Crippen molar-refractivity contribution in [1.29, 1.82) is 0 Å². The van der Waals surface area contributed by atoms with Crippen LogP contribution in [0.4, 0.5) is 9.93 Å². The molecule has 192 valence electrons. The number of hydrogen-bond acceptors (Lipinski definition) is 8. The largest absolute Gasteiger partial charge is 0.444 e. The van der Waals surface area contributed by atoms with Gasteiger partial charge in [0.05, 0.1) is 10.2 Å². The number of piperidine rings is 1. The number of nitrogens with one attached hydrogen (secondary N) is 2. The van der Waals surface area contributed by atoms with Crippen LogP contribution in [-0.2, 0) is 19.6 Å². The van der Waals surface area contributed by atoms with Gasteiger partial charge in [-0.3, -0.25) is 9.78 Å². The Morgan fingerprint density at radius 1 is 1.17 bits per heavy atom. The molecule has 0 bridgehead atoms. The summed E-state index contributed by atoms with van der Waals surface area (Å²) in [5.74, 6) is -0.197. The highest BCUT2D eigenvalue weighted by Gasteiger charge is 2.32. The van der Waals surface area contributed by atoms with E-state index in [1.807, 2.05) is 18.2 Å². The predicted octanol–water partition coefficient (Wildman–Crippen LogP) is 3.99. The standard InChI is InChI=1S/C24H29N5O5S2/c1-15(30)26-22-28-20-8-7-16(11-21(20)35-22)17-10-19(13-25-12-17)36(32,33)29-9-5-6-18(14-29)27-23(31)34-24(2,3)4/h7-8,10-13,18H,5-6,9,14H2,1-4H3,(H,27,31)(H,26,28,30). The Bertz CT molecular complexity index is 1400. The van der Waals surface area contributed by atoms with E-state index in [0.29, 0.717) is 30.1 Å². The molecule has 0 aliphatic carbocycles. The normalized spacial score (nSPS) is 17.1. The minimum absolute atomic E-state index is 0.0845. The first-order valence-electron chi connectivity index (χ1n) is 11.5. The van der Waals surface area contributed by atoms with Gasteiger partial charge in [0, 0.05) is 44.0 Å². The van der Waals surface area contributed by atoms with Crippen molar-refractivity contribution in [2.45, 2.75) is 57.1 Å². The van der Waals surface area contributed by atoms with Gasteiger partial charge in [0.1, 0.15) is 10.5 Å². The number of thiazole rings is 1. The van der Waals surface area contributed by atoms with Gasteiger partial charge in [-0.05, 0) is 57.4 Å². The number of anilines is 1. The molecular weight excluding hydrogens is 502 g/mol. The van der Waals surface area contributed by atoms with Crippen molar-refractivity contribution in [1.82, 2.24) is 19.6 Å². The number of nitrogens with zero attached hydrogens (tertiary/aromatic N) is 3. The number of pyridine rings is 1. The van der Waals surface area contributed by atoms with E-state index < -0.39 is 21.7 Å². The Morgan fingerprint density at radius 3 is 2.67 bits per heavy atom.